The number of ether oxygens (including phenoxy) is 1. The van der Waals surface area contributed by atoms with Crippen molar-refractivity contribution in [3.05, 3.63) is 65.7 Å². The number of carbonyl (C=O) groups is 2. The monoisotopic (exact) mass is 450 g/mol. The summed E-state index contributed by atoms with van der Waals surface area (Å²) in [6, 6.07) is 17.3. The molecule has 1 fully saturated rings. The molecule has 0 radical (unpaired) electrons. The average Bonchev–Trinajstić information content (AvgIpc) is 2.83. The molecule has 3 rings (SSSR count). The molecule has 0 spiro atoms. The van der Waals surface area contributed by atoms with Crippen LogP contribution in [0.4, 0.5) is 0 Å². The molecule has 1 aliphatic carbocycles. The van der Waals surface area contributed by atoms with Crippen LogP contribution in [0.5, 0.6) is 5.75 Å². The van der Waals surface area contributed by atoms with Crippen molar-refractivity contribution >= 4 is 11.8 Å². The lowest BCUT2D eigenvalue weighted by Gasteiger charge is -2.32. The zero-order valence-corrected chi connectivity index (χ0v) is 20.3. The van der Waals surface area contributed by atoms with E-state index in [1.54, 1.807) is 4.90 Å². The number of hydrogen-bond donors (Lipinski definition) is 1. The Morgan fingerprint density at radius 2 is 1.67 bits per heavy atom. The van der Waals surface area contributed by atoms with E-state index < -0.39 is 6.04 Å². The third-order valence-electron chi connectivity index (χ3n) is 6.43. The fraction of sp³-hybridized carbons (Fsp3) is 0.500. The first-order valence-electron chi connectivity index (χ1n) is 12.3. The fourth-order valence-corrected chi connectivity index (χ4v) is 4.56. The molecule has 1 atom stereocenters. The van der Waals surface area contributed by atoms with Crippen molar-refractivity contribution in [1.82, 2.24) is 10.2 Å². The number of benzene rings is 2. The van der Waals surface area contributed by atoms with E-state index in [0.717, 1.165) is 42.6 Å². The number of hydrogen-bond acceptors (Lipinski definition) is 3. The van der Waals surface area contributed by atoms with Gasteiger partial charge in [-0.05, 0) is 42.4 Å². The molecule has 0 aliphatic heterocycles. The number of nitrogens with zero attached hydrogens (tertiary/aromatic N) is 1. The summed E-state index contributed by atoms with van der Waals surface area (Å²) in [7, 11) is 0. The molecule has 0 aromatic heterocycles. The maximum absolute atomic E-state index is 13.4. The van der Waals surface area contributed by atoms with E-state index in [9.17, 15) is 9.59 Å². The maximum atomic E-state index is 13.4. The molecule has 5 heteroatoms. The van der Waals surface area contributed by atoms with E-state index in [-0.39, 0.29) is 24.5 Å². The Morgan fingerprint density at radius 3 is 2.33 bits per heavy atom. The number of nitrogens with one attached hydrogen (secondary N) is 1. The zero-order chi connectivity index (χ0) is 23.6. The molecule has 1 N–H and O–H groups in total. The van der Waals surface area contributed by atoms with Crippen molar-refractivity contribution in [2.75, 3.05) is 6.61 Å². The van der Waals surface area contributed by atoms with Crippen molar-refractivity contribution in [2.24, 2.45) is 0 Å². The highest BCUT2D eigenvalue weighted by molar-refractivity contribution is 5.88. The van der Waals surface area contributed by atoms with Gasteiger partial charge >= 0.3 is 0 Å². The minimum atomic E-state index is -0.524. The van der Waals surface area contributed by atoms with Gasteiger partial charge in [-0.3, -0.25) is 9.59 Å². The maximum Gasteiger partial charge on any atom is 0.261 e. The second kappa shape index (κ2) is 12.4. The molecule has 1 saturated carbocycles. The Bertz CT molecular complexity index is 891. The highest BCUT2D eigenvalue weighted by Gasteiger charge is 2.30. The van der Waals surface area contributed by atoms with Crippen molar-refractivity contribution in [1.29, 1.82) is 0 Å². The zero-order valence-electron chi connectivity index (χ0n) is 20.3. The van der Waals surface area contributed by atoms with Crippen LogP contribution in [0.1, 0.15) is 76.3 Å². The lowest BCUT2D eigenvalue weighted by atomic mass is 9.95. The molecule has 33 heavy (non-hydrogen) atoms. The fourth-order valence-electron chi connectivity index (χ4n) is 4.56. The van der Waals surface area contributed by atoms with Crippen LogP contribution < -0.4 is 10.1 Å². The second-order valence-corrected chi connectivity index (χ2v) is 9.26. The first-order valence-corrected chi connectivity index (χ1v) is 12.3. The minimum Gasteiger partial charge on any atom is -0.483 e. The van der Waals surface area contributed by atoms with Crippen LogP contribution in [0.3, 0.4) is 0 Å². The molecule has 0 bridgehead atoms. The average molecular weight is 451 g/mol. The number of amides is 2. The molecule has 0 saturated heterocycles. The van der Waals surface area contributed by atoms with Gasteiger partial charge in [0.05, 0.1) is 0 Å². The van der Waals surface area contributed by atoms with Crippen LogP contribution in [0.2, 0.25) is 0 Å². The second-order valence-electron chi connectivity index (χ2n) is 9.26. The van der Waals surface area contributed by atoms with Gasteiger partial charge in [0.1, 0.15) is 11.8 Å². The van der Waals surface area contributed by atoms with Gasteiger partial charge in [-0.15, -0.1) is 0 Å². The lowest BCUT2D eigenvalue weighted by molar-refractivity contribution is -0.143. The van der Waals surface area contributed by atoms with Crippen molar-refractivity contribution in [3.63, 3.8) is 0 Å². The summed E-state index contributed by atoms with van der Waals surface area (Å²) in [5.41, 5.74) is 2.07. The number of para-hydroxylation sites is 1. The Kier molecular flexibility index (Phi) is 9.35. The predicted molar refractivity (Wildman–Crippen MR) is 132 cm³/mol. The number of carbonyl (C=O) groups excluding carboxylic acids is 2. The quantitative estimate of drug-likeness (QED) is 0.524. The first kappa shape index (κ1) is 24.8. The molecule has 5 nitrogen and oxygen atoms in total. The molecule has 0 unspecified atom stereocenters. The van der Waals surface area contributed by atoms with Gasteiger partial charge in [0.15, 0.2) is 6.61 Å². The van der Waals surface area contributed by atoms with E-state index in [2.05, 4.69) is 19.2 Å². The van der Waals surface area contributed by atoms with Crippen LogP contribution >= 0.6 is 0 Å². The van der Waals surface area contributed by atoms with Crippen LogP contribution in [0.15, 0.2) is 54.6 Å². The minimum absolute atomic E-state index is 0.0590. The van der Waals surface area contributed by atoms with Crippen molar-refractivity contribution in [2.45, 2.75) is 83.8 Å². The Balaban J connectivity index is 1.76. The van der Waals surface area contributed by atoms with E-state index in [1.807, 2.05) is 61.5 Å². The standard InChI is InChI=1S/C28H38N2O3/c1-4-25(28(32)29-23-15-9-6-10-16-23)30(19-22-13-7-5-8-14-22)27(31)20-33-26-18-12-11-17-24(26)21(2)3/h5,7-8,11-14,17-18,21,23,25H,4,6,9-10,15-16,19-20H2,1-3H3,(H,29,32)/t25-/m1/s1. The van der Waals surface area contributed by atoms with Crippen LogP contribution in [0, 0.1) is 0 Å². The van der Waals surface area contributed by atoms with Gasteiger partial charge in [0, 0.05) is 12.6 Å². The summed E-state index contributed by atoms with van der Waals surface area (Å²) >= 11 is 0. The number of rotatable bonds is 10. The predicted octanol–water partition coefficient (Wildman–Crippen LogP) is 5.45. The molecular formula is C28H38N2O3. The van der Waals surface area contributed by atoms with Gasteiger partial charge in [-0.1, -0.05) is 88.6 Å². The lowest BCUT2D eigenvalue weighted by Crippen LogP contribution is -2.52. The smallest absolute Gasteiger partial charge is 0.261 e. The summed E-state index contributed by atoms with van der Waals surface area (Å²) in [4.78, 5) is 28.4. The molecule has 2 amide bonds. The molecule has 1 aliphatic rings. The topological polar surface area (TPSA) is 58.6 Å². The molecule has 2 aromatic carbocycles. The van der Waals surface area contributed by atoms with Gasteiger partial charge in [-0.2, -0.15) is 0 Å². The summed E-state index contributed by atoms with van der Waals surface area (Å²) < 4.78 is 5.98. The van der Waals surface area contributed by atoms with Gasteiger partial charge in [0.2, 0.25) is 5.91 Å². The summed E-state index contributed by atoms with van der Waals surface area (Å²) in [5, 5.41) is 3.22. The SMILES string of the molecule is CC[C@H](C(=O)NC1CCCCC1)N(Cc1ccccc1)C(=O)COc1ccccc1C(C)C. The van der Waals surface area contributed by atoms with Crippen LogP contribution in [0.25, 0.3) is 0 Å². The van der Waals surface area contributed by atoms with Crippen LogP contribution in [-0.4, -0.2) is 35.4 Å². The summed E-state index contributed by atoms with van der Waals surface area (Å²) in [6.07, 6.45) is 6.12. The van der Waals surface area contributed by atoms with E-state index in [1.165, 1.54) is 6.42 Å². The van der Waals surface area contributed by atoms with Crippen LogP contribution in [-0.2, 0) is 16.1 Å². The normalized spacial score (nSPS) is 15.2. The largest absolute Gasteiger partial charge is 0.483 e. The molecule has 0 heterocycles. The van der Waals surface area contributed by atoms with E-state index in [0.29, 0.717) is 18.9 Å². The summed E-state index contributed by atoms with van der Waals surface area (Å²) in [6.45, 7) is 6.46. The Hall–Kier alpha value is -2.82. The van der Waals surface area contributed by atoms with Gasteiger partial charge in [-0.25, -0.2) is 0 Å². The van der Waals surface area contributed by atoms with Crippen molar-refractivity contribution in [3.8, 4) is 5.75 Å². The molecule has 2 aromatic rings. The van der Waals surface area contributed by atoms with E-state index >= 15 is 0 Å². The van der Waals surface area contributed by atoms with E-state index in [4.69, 9.17) is 4.74 Å². The third-order valence-corrected chi connectivity index (χ3v) is 6.43. The molecule has 178 valence electrons. The van der Waals surface area contributed by atoms with Crippen molar-refractivity contribution < 1.29 is 14.3 Å². The highest BCUT2D eigenvalue weighted by Crippen LogP contribution is 2.26. The molecular weight excluding hydrogens is 412 g/mol. The first-order chi connectivity index (χ1) is 16.0. The van der Waals surface area contributed by atoms with Gasteiger partial charge in [0.25, 0.3) is 5.91 Å². The van der Waals surface area contributed by atoms with Gasteiger partial charge < -0.3 is 15.0 Å². The Labute approximate surface area is 198 Å². The highest BCUT2D eigenvalue weighted by atomic mass is 16.5. The Morgan fingerprint density at radius 1 is 1.00 bits per heavy atom. The summed E-state index contributed by atoms with van der Waals surface area (Å²) in [5.74, 6) is 0.779. The third kappa shape index (κ3) is 7.08.